The molecular formula is C14H18N4O2S. The number of benzene rings is 1. The molecule has 0 fully saturated rings. The molecule has 6 nitrogen and oxygen atoms in total. The van der Waals surface area contributed by atoms with Crippen LogP contribution in [0, 0.1) is 0 Å². The number of hydrogen-bond acceptors (Lipinski definition) is 6. The third-order valence-corrected chi connectivity index (χ3v) is 3.84. The molecule has 0 bridgehead atoms. The maximum absolute atomic E-state index is 11.6. The van der Waals surface area contributed by atoms with Crippen LogP contribution in [-0.2, 0) is 9.53 Å². The maximum atomic E-state index is 11.6. The van der Waals surface area contributed by atoms with Crippen molar-refractivity contribution in [1.29, 1.82) is 0 Å². The van der Waals surface area contributed by atoms with Crippen molar-refractivity contribution in [3.63, 3.8) is 0 Å². The lowest BCUT2D eigenvalue weighted by Gasteiger charge is -2.10. The number of hydrogen-bond donors (Lipinski definition) is 1. The van der Waals surface area contributed by atoms with E-state index in [0.717, 1.165) is 12.0 Å². The number of carbonyl (C=O) groups excluding carboxylic acids is 1. The highest BCUT2D eigenvalue weighted by Crippen LogP contribution is 2.21. The molecule has 2 N–H and O–H groups in total. The summed E-state index contributed by atoms with van der Waals surface area (Å²) >= 11 is 1.21. The van der Waals surface area contributed by atoms with Crippen LogP contribution in [0.15, 0.2) is 35.5 Å². The van der Waals surface area contributed by atoms with Crippen LogP contribution < -0.4 is 5.84 Å². The van der Waals surface area contributed by atoms with Crippen molar-refractivity contribution >= 4 is 17.7 Å². The molecule has 0 spiro atoms. The SMILES string of the molecule is CCC(C)OC(=O)CSc1nnc(-c2ccccc2)n1N. The van der Waals surface area contributed by atoms with Gasteiger partial charge in [-0.05, 0) is 13.3 Å². The van der Waals surface area contributed by atoms with Gasteiger partial charge in [0.15, 0.2) is 5.82 Å². The summed E-state index contributed by atoms with van der Waals surface area (Å²) in [7, 11) is 0. The number of nitrogens with two attached hydrogens (primary N) is 1. The first kappa shape index (κ1) is 15.4. The lowest BCUT2D eigenvalue weighted by Crippen LogP contribution is -2.17. The molecule has 0 radical (unpaired) electrons. The highest BCUT2D eigenvalue weighted by molar-refractivity contribution is 7.99. The van der Waals surface area contributed by atoms with E-state index in [9.17, 15) is 4.79 Å². The molecule has 7 heteroatoms. The van der Waals surface area contributed by atoms with E-state index in [1.54, 1.807) is 0 Å². The van der Waals surface area contributed by atoms with Gasteiger partial charge in [0.05, 0.1) is 11.9 Å². The van der Waals surface area contributed by atoms with E-state index in [4.69, 9.17) is 10.6 Å². The number of nitrogen functional groups attached to an aromatic ring is 1. The molecule has 1 atom stereocenters. The van der Waals surface area contributed by atoms with E-state index >= 15 is 0 Å². The van der Waals surface area contributed by atoms with Gasteiger partial charge >= 0.3 is 5.97 Å². The molecule has 21 heavy (non-hydrogen) atoms. The predicted molar refractivity (Wildman–Crippen MR) is 82.2 cm³/mol. The molecule has 1 aromatic carbocycles. The van der Waals surface area contributed by atoms with Gasteiger partial charge in [-0.3, -0.25) is 4.79 Å². The Morgan fingerprint density at radius 1 is 1.38 bits per heavy atom. The number of ether oxygens (including phenoxy) is 1. The first-order valence-electron chi connectivity index (χ1n) is 6.70. The van der Waals surface area contributed by atoms with Crippen molar-refractivity contribution in [1.82, 2.24) is 14.9 Å². The lowest BCUT2D eigenvalue weighted by atomic mass is 10.2. The van der Waals surface area contributed by atoms with Gasteiger partial charge in [0.25, 0.3) is 0 Å². The van der Waals surface area contributed by atoms with Crippen molar-refractivity contribution in [3.8, 4) is 11.4 Å². The Hall–Kier alpha value is -2.02. The van der Waals surface area contributed by atoms with Gasteiger partial charge in [-0.15, -0.1) is 10.2 Å². The van der Waals surface area contributed by atoms with Crippen LogP contribution in [0.25, 0.3) is 11.4 Å². The molecule has 1 aromatic heterocycles. The highest BCUT2D eigenvalue weighted by Gasteiger charge is 2.14. The Bertz CT molecular complexity index is 600. The van der Waals surface area contributed by atoms with Crippen molar-refractivity contribution in [2.75, 3.05) is 11.6 Å². The summed E-state index contributed by atoms with van der Waals surface area (Å²) in [6.07, 6.45) is 0.718. The van der Waals surface area contributed by atoms with Crippen LogP contribution in [0.4, 0.5) is 0 Å². The molecule has 112 valence electrons. The number of aromatic nitrogens is 3. The zero-order chi connectivity index (χ0) is 15.2. The van der Waals surface area contributed by atoms with E-state index in [2.05, 4.69) is 10.2 Å². The van der Waals surface area contributed by atoms with E-state index < -0.39 is 0 Å². The summed E-state index contributed by atoms with van der Waals surface area (Å²) in [6, 6.07) is 9.53. The second kappa shape index (κ2) is 7.12. The first-order valence-corrected chi connectivity index (χ1v) is 7.68. The summed E-state index contributed by atoms with van der Waals surface area (Å²) < 4.78 is 6.58. The molecule has 1 unspecified atom stereocenters. The van der Waals surface area contributed by atoms with Crippen LogP contribution in [0.2, 0.25) is 0 Å². The topological polar surface area (TPSA) is 83.0 Å². The van der Waals surface area contributed by atoms with Crippen LogP contribution in [-0.4, -0.2) is 32.7 Å². The standard InChI is InChI=1S/C14H18N4O2S/c1-3-10(2)20-12(19)9-21-14-17-16-13(18(14)15)11-7-5-4-6-8-11/h4-8,10H,3,9,15H2,1-2H3. The summed E-state index contributed by atoms with van der Waals surface area (Å²) in [4.78, 5) is 11.6. The Morgan fingerprint density at radius 3 is 2.76 bits per heavy atom. The molecule has 0 saturated carbocycles. The minimum Gasteiger partial charge on any atom is -0.462 e. The van der Waals surface area contributed by atoms with Gasteiger partial charge in [0.2, 0.25) is 5.16 Å². The van der Waals surface area contributed by atoms with Crippen molar-refractivity contribution in [2.45, 2.75) is 31.5 Å². The molecule has 2 rings (SSSR count). The van der Waals surface area contributed by atoms with Gasteiger partial charge < -0.3 is 10.6 Å². The number of nitrogens with zero attached hydrogens (tertiary/aromatic N) is 3. The second-order valence-electron chi connectivity index (χ2n) is 4.54. The zero-order valence-corrected chi connectivity index (χ0v) is 12.8. The average Bonchev–Trinajstić information content (AvgIpc) is 2.87. The lowest BCUT2D eigenvalue weighted by molar-refractivity contribution is -0.144. The summed E-state index contributed by atoms with van der Waals surface area (Å²) in [6.45, 7) is 3.83. The smallest absolute Gasteiger partial charge is 0.316 e. The molecule has 0 saturated heterocycles. The Morgan fingerprint density at radius 2 is 2.10 bits per heavy atom. The van der Waals surface area contributed by atoms with Crippen LogP contribution in [0.1, 0.15) is 20.3 Å². The minimum atomic E-state index is -0.279. The van der Waals surface area contributed by atoms with E-state index in [0.29, 0.717) is 11.0 Å². The van der Waals surface area contributed by atoms with E-state index in [1.807, 2.05) is 44.2 Å². The van der Waals surface area contributed by atoms with Gasteiger partial charge in [-0.2, -0.15) is 0 Å². The molecule has 2 aromatic rings. The fourth-order valence-corrected chi connectivity index (χ4v) is 2.26. The average molecular weight is 306 g/mol. The summed E-state index contributed by atoms with van der Waals surface area (Å²) in [5.74, 6) is 6.41. The normalized spacial score (nSPS) is 12.1. The monoisotopic (exact) mass is 306 g/mol. The van der Waals surface area contributed by atoms with Crippen LogP contribution >= 0.6 is 11.8 Å². The predicted octanol–water partition coefficient (Wildman–Crippen LogP) is 2.09. The molecular weight excluding hydrogens is 288 g/mol. The number of thioether (sulfide) groups is 1. The number of carbonyl (C=O) groups is 1. The van der Waals surface area contributed by atoms with Crippen molar-refractivity contribution in [2.24, 2.45) is 0 Å². The Kier molecular flexibility index (Phi) is 5.21. The molecule has 1 heterocycles. The maximum Gasteiger partial charge on any atom is 0.316 e. The second-order valence-corrected chi connectivity index (χ2v) is 5.48. The van der Waals surface area contributed by atoms with Crippen LogP contribution in [0.3, 0.4) is 0 Å². The Labute approximate surface area is 127 Å². The highest BCUT2D eigenvalue weighted by atomic mass is 32.2. The fraction of sp³-hybridized carbons (Fsp3) is 0.357. The molecule has 0 aliphatic carbocycles. The molecule has 0 aliphatic rings. The molecule has 0 amide bonds. The van der Waals surface area contributed by atoms with Gasteiger partial charge in [-0.1, -0.05) is 49.0 Å². The fourth-order valence-electron chi connectivity index (χ4n) is 1.62. The third kappa shape index (κ3) is 3.98. The first-order chi connectivity index (χ1) is 10.1. The van der Waals surface area contributed by atoms with E-state index in [-0.39, 0.29) is 17.8 Å². The van der Waals surface area contributed by atoms with Gasteiger partial charge in [0.1, 0.15) is 0 Å². The quantitative estimate of drug-likeness (QED) is 0.500. The third-order valence-electron chi connectivity index (χ3n) is 2.92. The minimum absolute atomic E-state index is 0.0753. The van der Waals surface area contributed by atoms with E-state index in [1.165, 1.54) is 16.4 Å². The number of rotatable bonds is 6. The summed E-state index contributed by atoms with van der Waals surface area (Å²) in [5, 5.41) is 8.54. The van der Waals surface area contributed by atoms with Gasteiger partial charge in [-0.25, -0.2) is 4.68 Å². The van der Waals surface area contributed by atoms with Gasteiger partial charge in [0, 0.05) is 5.56 Å². The largest absolute Gasteiger partial charge is 0.462 e. The van der Waals surface area contributed by atoms with Crippen molar-refractivity contribution in [3.05, 3.63) is 30.3 Å². The van der Waals surface area contributed by atoms with Crippen LogP contribution in [0.5, 0.6) is 0 Å². The Balaban J connectivity index is 2.00. The van der Waals surface area contributed by atoms with Crippen molar-refractivity contribution < 1.29 is 9.53 Å². The summed E-state index contributed by atoms with van der Waals surface area (Å²) in [5.41, 5.74) is 0.876. The zero-order valence-electron chi connectivity index (χ0n) is 12.0. The number of esters is 1. The molecule has 0 aliphatic heterocycles.